The molecule has 0 amide bonds. The van der Waals surface area contributed by atoms with Crippen LogP contribution in [-0.4, -0.2) is 27.2 Å². The minimum atomic E-state index is 1.03. The van der Waals surface area contributed by atoms with Gasteiger partial charge < -0.3 is 9.80 Å². The Balaban J connectivity index is 2.59. The fourth-order valence-electron chi connectivity index (χ4n) is 2.63. The van der Waals surface area contributed by atoms with Crippen molar-refractivity contribution in [3.63, 3.8) is 0 Å². The van der Waals surface area contributed by atoms with Gasteiger partial charge in [0.25, 0.3) is 0 Å². The van der Waals surface area contributed by atoms with Crippen LogP contribution in [0, 0.1) is 0 Å². The van der Waals surface area contributed by atoms with E-state index >= 15 is 0 Å². The van der Waals surface area contributed by atoms with Crippen LogP contribution in [0.1, 0.15) is 13.8 Å². The molecule has 0 saturated heterocycles. The van der Waals surface area contributed by atoms with Crippen LogP contribution < -0.4 is 9.80 Å². The molecule has 0 saturated carbocycles. The van der Waals surface area contributed by atoms with E-state index < -0.39 is 0 Å². The molecular formula is C18H24N2. The van der Waals surface area contributed by atoms with Crippen molar-refractivity contribution in [2.24, 2.45) is 0 Å². The number of hydrogen-bond donors (Lipinski definition) is 0. The standard InChI is InChI=1S/C18H24N2/c1-5-20(6-2)18-14-10-8-12-16(18)15-11-7-9-13-17(15)19(3)4/h7-14H,5-6H2,1-4H3. The van der Waals surface area contributed by atoms with Crippen LogP contribution in [0.4, 0.5) is 11.4 Å². The van der Waals surface area contributed by atoms with E-state index in [1.54, 1.807) is 0 Å². The third-order valence-electron chi connectivity index (χ3n) is 3.68. The number of nitrogens with zero attached hydrogens (tertiary/aromatic N) is 2. The molecule has 0 heterocycles. The fourth-order valence-corrected chi connectivity index (χ4v) is 2.63. The molecule has 0 N–H and O–H groups in total. The molecular weight excluding hydrogens is 244 g/mol. The van der Waals surface area contributed by atoms with Crippen LogP contribution in [-0.2, 0) is 0 Å². The number of hydrogen-bond acceptors (Lipinski definition) is 2. The average Bonchev–Trinajstić information content (AvgIpc) is 2.49. The Hall–Kier alpha value is -1.96. The van der Waals surface area contributed by atoms with Gasteiger partial charge in [-0.3, -0.25) is 0 Å². The Morgan fingerprint density at radius 1 is 0.700 bits per heavy atom. The lowest BCUT2D eigenvalue weighted by atomic mass is 10.0. The molecule has 2 heteroatoms. The van der Waals surface area contributed by atoms with Gasteiger partial charge in [0.05, 0.1) is 0 Å². The summed E-state index contributed by atoms with van der Waals surface area (Å²) >= 11 is 0. The molecule has 20 heavy (non-hydrogen) atoms. The second-order valence-corrected chi connectivity index (χ2v) is 5.10. The van der Waals surface area contributed by atoms with Crippen molar-refractivity contribution in [1.29, 1.82) is 0 Å². The minimum absolute atomic E-state index is 1.03. The normalized spacial score (nSPS) is 10.4. The maximum Gasteiger partial charge on any atom is 0.0446 e. The summed E-state index contributed by atoms with van der Waals surface area (Å²) in [5.74, 6) is 0. The number of para-hydroxylation sites is 2. The first-order valence-electron chi connectivity index (χ1n) is 7.29. The predicted octanol–water partition coefficient (Wildman–Crippen LogP) is 4.27. The summed E-state index contributed by atoms with van der Waals surface area (Å²) in [5.41, 5.74) is 5.17. The van der Waals surface area contributed by atoms with Gasteiger partial charge in [-0.2, -0.15) is 0 Å². The maximum atomic E-state index is 2.40. The lowest BCUT2D eigenvalue weighted by molar-refractivity contribution is 0.867. The zero-order valence-electron chi connectivity index (χ0n) is 12.9. The Morgan fingerprint density at radius 3 is 1.65 bits per heavy atom. The lowest BCUT2D eigenvalue weighted by Gasteiger charge is -2.26. The van der Waals surface area contributed by atoms with E-state index in [2.05, 4.69) is 86.3 Å². The van der Waals surface area contributed by atoms with Gasteiger partial charge in [0, 0.05) is 49.7 Å². The van der Waals surface area contributed by atoms with Crippen LogP contribution in [0.3, 0.4) is 0 Å². The van der Waals surface area contributed by atoms with Gasteiger partial charge in [-0.1, -0.05) is 36.4 Å². The van der Waals surface area contributed by atoms with E-state index in [1.807, 2.05) is 0 Å². The van der Waals surface area contributed by atoms with Crippen LogP contribution in [0.2, 0.25) is 0 Å². The molecule has 0 atom stereocenters. The van der Waals surface area contributed by atoms with Crippen LogP contribution in [0.5, 0.6) is 0 Å². The molecule has 0 aromatic heterocycles. The molecule has 0 spiro atoms. The largest absolute Gasteiger partial charge is 0.377 e. The predicted molar refractivity (Wildman–Crippen MR) is 89.8 cm³/mol. The number of benzene rings is 2. The smallest absolute Gasteiger partial charge is 0.0446 e. The second kappa shape index (κ2) is 6.47. The van der Waals surface area contributed by atoms with Crippen molar-refractivity contribution in [3.05, 3.63) is 48.5 Å². The first-order chi connectivity index (χ1) is 9.69. The van der Waals surface area contributed by atoms with Crippen molar-refractivity contribution in [2.75, 3.05) is 37.0 Å². The quantitative estimate of drug-likeness (QED) is 0.799. The van der Waals surface area contributed by atoms with E-state index in [-0.39, 0.29) is 0 Å². The molecule has 2 rings (SSSR count). The molecule has 0 radical (unpaired) electrons. The summed E-state index contributed by atoms with van der Waals surface area (Å²) in [5, 5.41) is 0. The van der Waals surface area contributed by atoms with Crippen molar-refractivity contribution < 1.29 is 0 Å². The summed E-state index contributed by atoms with van der Waals surface area (Å²) < 4.78 is 0. The number of anilines is 2. The van der Waals surface area contributed by atoms with Gasteiger partial charge in [0.15, 0.2) is 0 Å². The molecule has 2 nitrogen and oxygen atoms in total. The third kappa shape index (κ3) is 2.79. The van der Waals surface area contributed by atoms with Gasteiger partial charge in [-0.05, 0) is 26.0 Å². The summed E-state index contributed by atoms with van der Waals surface area (Å²) in [7, 11) is 4.19. The van der Waals surface area contributed by atoms with Crippen molar-refractivity contribution >= 4 is 11.4 Å². The highest BCUT2D eigenvalue weighted by Crippen LogP contribution is 2.36. The van der Waals surface area contributed by atoms with E-state index in [0.29, 0.717) is 0 Å². The SMILES string of the molecule is CCN(CC)c1ccccc1-c1ccccc1N(C)C. The van der Waals surface area contributed by atoms with Crippen molar-refractivity contribution in [1.82, 2.24) is 0 Å². The highest BCUT2D eigenvalue weighted by molar-refractivity contribution is 5.86. The molecule has 0 fully saturated rings. The van der Waals surface area contributed by atoms with Gasteiger partial charge in [0.2, 0.25) is 0 Å². The Labute approximate surface area is 122 Å². The topological polar surface area (TPSA) is 6.48 Å². The molecule has 2 aromatic carbocycles. The molecule has 0 aliphatic rings. The second-order valence-electron chi connectivity index (χ2n) is 5.10. The highest BCUT2D eigenvalue weighted by Gasteiger charge is 2.13. The summed E-state index contributed by atoms with van der Waals surface area (Å²) in [4.78, 5) is 4.58. The summed E-state index contributed by atoms with van der Waals surface area (Å²) in [6.45, 7) is 6.46. The highest BCUT2D eigenvalue weighted by atomic mass is 15.1. The summed E-state index contributed by atoms with van der Waals surface area (Å²) in [6.07, 6.45) is 0. The molecule has 0 unspecified atom stereocenters. The van der Waals surface area contributed by atoms with Gasteiger partial charge in [-0.15, -0.1) is 0 Å². The van der Waals surface area contributed by atoms with Gasteiger partial charge in [0.1, 0.15) is 0 Å². The van der Waals surface area contributed by atoms with Crippen LogP contribution >= 0.6 is 0 Å². The van der Waals surface area contributed by atoms with Crippen LogP contribution in [0.15, 0.2) is 48.5 Å². The molecule has 0 aliphatic heterocycles. The van der Waals surface area contributed by atoms with Crippen molar-refractivity contribution in [2.45, 2.75) is 13.8 Å². The first kappa shape index (κ1) is 14.4. The van der Waals surface area contributed by atoms with E-state index in [1.165, 1.54) is 22.5 Å². The van der Waals surface area contributed by atoms with Gasteiger partial charge in [-0.25, -0.2) is 0 Å². The van der Waals surface area contributed by atoms with E-state index in [0.717, 1.165) is 13.1 Å². The van der Waals surface area contributed by atoms with E-state index in [4.69, 9.17) is 0 Å². The van der Waals surface area contributed by atoms with Crippen LogP contribution in [0.25, 0.3) is 11.1 Å². The molecule has 0 aliphatic carbocycles. The first-order valence-corrected chi connectivity index (χ1v) is 7.29. The zero-order valence-corrected chi connectivity index (χ0v) is 12.9. The zero-order chi connectivity index (χ0) is 14.5. The average molecular weight is 268 g/mol. The monoisotopic (exact) mass is 268 g/mol. The van der Waals surface area contributed by atoms with E-state index in [9.17, 15) is 0 Å². The molecule has 106 valence electrons. The Bertz CT molecular complexity index is 557. The molecule has 2 aromatic rings. The maximum absolute atomic E-state index is 2.40. The summed E-state index contributed by atoms with van der Waals surface area (Å²) in [6, 6.07) is 17.3. The fraction of sp³-hybridized carbons (Fsp3) is 0.333. The Kier molecular flexibility index (Phi) is 4.67. The van der Waals surface area contributed by atoms with Gasteiger partial charge >= 0.3 is 0 Å². The molecule has 0 bridgehead atoms. The lowest BCUT2D eigenvalue weighted by Crippen LogP contribution is -2.22. The Morgan fingerprint density at radius 2 is 1.15 bits per heavy atom. The third-order valence-corrected chi connectivity index (χ3v) is 3.68. The minimum Gasteiger partial charge on any atom is -0.377 e. The number of rotatable bonds is 5. The van der Waals surface area contributed by atoms with Crippen molar-refractivity contribution in [3.8, 4) is 11.1 Å².